The number of rotatable bonds is 4. The van der Waals surface area contributed by atoms with Gasteiger partial charge in [-0.25, -0.2) is 0 Å². The van der Waals surface area contributed by atoms with E-state index in [9.17, 15) is 9.59 Å². The van der Waals surface area contributed by atoms with Crippen LogP contribution >= 0.6 is 0 Å². The van der Waals surface area contributed by atoms with Gasteiger partial charge in [-0.15, -0.1) is 0 Å². The SMILES string of the molecule is Nc1c[nH]c(C(=O)Nc2ccc(NC(=O)C3CC3)cc2)c1. The number of anilines is 3. The van der Waals surface area contributed by atoms with Gasteiger partial charge in [0.05, 0.1) is 0 Å². The van der Waals surface area contributed by atoms with Crippen LogP contribution in [-0.2, 0) is 4.79 Å². The first-order chi connectivity index (χ1) is 10.1. The van der Waals surface area contributed by atoms with E-state index in [1.807, 2.05) is 0 Å². The summed E-state index contributed by atoms with van der Waals surface area (Å²) in [6.07, 6.45) is 3.50. The molecule has 1 aromatic carbocycles. The van der Waals surface area contributed by atoms with Crippen LogP contribution in [0.3, 0.4) is 0 Å². The molecule has 1 saturated carbocycles. The molecule has 3 rings (SSSR count). The molecular weight excluding hydrogens is 268 g/mol. The Morgan fingerprint density at radius 1 is 1.10 bits per heavy atom. The Labute approximate surface area is 121 Å². The van der Waals surface area contributed by atoms with Crippen molar-refractivity contribution < 1.29 is 9.59 Å². The molecule has 1 aliphatic carbocycles. The summed E-state index contributed by atoms with van der Waals surface area (Å²) in [6, 6.07) is 8.58. The number of aromatic nitrogens is 1. The highest BCUT2D eigenvalue weighted by Gasteiger charge is 2.29. The lowest BCUT2D eigenvalue weighted by Gasteiger charge is -2.07. The van der Waals surface area contributed by atoms with Crippen LogP contribution in [0, 0.1) is 5.92 Å². The Balaban J connectivity index is 1.61. The summed E-state index contributed by atoms with van der Waals surface area (Å²) < 4.78 is 0. The first-order valence-corrected chi connectivity index (χ1v) is 6.78. The molecule has 1 fully saturated rings. The van der Waals surface area contributed by atoms with E-state index in [1.54, 1.807) is 36.5 Å². The first-order valence-electron chi connectivity index (χ1n) is 6.78. The minimum atomic E-state index is -0.263. The second kappa shape index (κ2) is 5.32. The van der Waals surface area contributed by atoms with Crippen molar-refractivity contribution in [2.45, 2.75) is 12.8 Å². The van der Waals surface area contributed by atoms with E-state index in [-0.39, 0.29) is 17.7 Å². The van der Waals surface area contributed by atoms with Crippen LogP contribution < -0.4 is 16.4 Å². The van der Waals surface area contributed by atoms with Crippen molar-refractivity contribution in [3.8, 4) is 0 Å². The van der Waals surface area contributed by atoms with Gasteiger partial charge in [-0.1, -0.05) is 0 Å². The maximum absolute atomic E-state index is 11.9. The van der Waals surface area contributed by atoms with Gasteiger partial charge in [-0.2, -0.15) is 0 Å². The number of aromatic amines is 1. The standard InChI is InChI=1S/C15H16N4O2/c16-10-7-13(17-8-10)15(21)19-12-5-3-11(4-6-12)18-14(20)9-1-2-9/h3-9,17H,1-2,16H2,(H,18,20)(H,19,21). The average molecular weight is 284 g/mol. The Morgan fingerprint density at radius 3 is 2.24 bits per heavy atom. The fourth-order valence-electron chi connectivity index (χ4n) is 1.97. The Bertz CT molecular complexity index is 671. The van der Waals surface area contributed by atoms with Gasteiger partial charge in [-0.05, 0) is 43.2 Å². The molecular formula is C15H16N4O2. The van der Waals surface area contributed by atoms with Crippen molar-refractivity contribution in [1.29, 1.82) is 0 Å². The quantitative estimate of drug-likeness (QED) is 0.692. The zero-order chi connectivity index (χ0) is 14.8. The number of benzene rings is 1. The highest BCUT2D eigenvalue weighted by atomic mass is 16.2. The number of hydrogen-bond donors (Lipinski definition) is 4. The predicted molar refractivity (Wildman–Crippen MR) is 81.0 cm³/mol. The molecule has 2 aromatic rings. The van der Waals surface area contributed by atoms with E-state index in [0.29, 0.717) is 17.1 Å². The van der Waals surface area contributed by atoms with E-state index in [4.69, 9.17) is 5.73 Å². The third-order valence-corrected chi connectivity index (χ3v) is 3.31. The maximum atomic E-state index is 11.9. The van der Waals surface area contributed by atoms with Crippen molar-refractivity contribution in [3.63, 3.8) is 0 Å². The van der Waals surface area contributed by atoms with Crippen LogP contribution in [0.15, 0.2) is 36.5 Å². The van der Waals surface area contributed by atoms with Gasteiger partial charge in [0.2, 0.25) is 5.91 Å². The van der Waals surface area contributed by atoms with Crippen LogP contribution in [0.1, 0.15) is 23.3 Å². The van der Waals surface area contributed by atoms with Gasteiger partial charge in [0, 0.05) is 29.2 Å². The molecule has 1 heterocycles. The van der Waals surface area contributed by atoms with Crippen molar-refractivity contribution in [2.75, 3.05) is 16.4 Å². The van der Waals surface area contributed by atoms with Gasteiger partial charge in [0.1, 0.15) is 5.69 Å². The monoisotopic (exact) mass is 284 g/mol. The van der Waals surface area contributed by atoms with Crippen LogP contribution in [-0.4, -0.2) is 16.8 Å². The Kier molecular flexibility index (Phi) is 3.35. The molecule has 1 aromatic heterocycles. The number of hydrogen-bond acceptors (Lipinski definition) is 3. The largest absolute Gasteiger partial charge is 0.397 e. The lowest BCUT2D eigenvalue weighted by atomic mass is 10.2. The number of nitrogens with one attached hydrogen (secondary N) is 3. The fourth-order valence-corrected chi connectivity index (χ4v) is 1.97. The molecule has 6 nitrogen and oxygen atoms in total. The molecule has 2 amide bonds. The number of amides is 2. The Morgan fingerprint density at radius 2 is 1.71 bits per heavy atom. The summed E-state index contributed by atoms with van der Waals surface area (Å²) in [5.74, 6) is -0.0298. The van der Waals surface area contributed by atoms with Crippen LogP contribution in [0.25, 0.3) is 0 Å². The predicted octanol–water partition coefficient (Wildman–Crippen LogP) is 2.20. The summed E-state index contributed by atoms with van der Waals surface area (Å²) in [6.45, 7) is 0. The number of nitrogens with two attached hydrogens (primary N) is 1. The zero-order valence-corrected chi connectivity index (χ0v) is 11.3. The van der Waals surface area contributed by atoms with Crippen LogP contribution in [0.5, 0.6) is 0 Å². The van der Waals surface area contributed by atoms with E-state index < -0.39 is 0 Å². The lowest BCUT2D eigenvalue weighted by molar-refractivity contribution is -0.117. The third kappa shape index (κ3) is 3.22. The molecule has 0 atom stereocenters. The average Bonchev–Trinajstić information content (AvgIpc) is 3.23. The fraction of sp³-hybridized carbons (Fsp3) is 0.200. The summed E-state index contributed by atoms with van der Waals surface area (Å²) in [5.41, 5.74) is 7.85. The van der Waals surface area contributed by atoms with Crippen LogP contribution in [0.4, 0.5) is 17.1 Å². The molecule has 0 aliphatic heterocycles. The topological polar surface area (TPSA) is 100 Å². The van der Waals surface area contributed by atoms with E-state index in [2.05, 4.69) is 15.6 Å². The molecule has 5 N–H and O–H groups in total. The Hall–Kier alpha value is -2.76. The third-order valence-electron chi connectivity index (χ3n) is 3.31. The number of carbonyl (C=O) groups is 2. The molecule has 1 aliphatic rings. The van der Waals surface area contributed by atoms with Gasteiger partial charge in [0.25, 0.3) is 5.91 Å². The van der Waals surface area contributed by atoms with Gasteiger partial charge < -0.3 is 21.4 Å². The molecule has 0 bridgehead atoms. The summed E-state index contributed by atoms with van der Waals surface area (Å²) in [5, 5.41) is 5.59. The van der Waals surface area contributed by atoms with E-state index in [1.165, 1.54) is 0 Å². The summed E-state index contributed by atoms with van der Waals surface area (Å²) in [4.78, 5) is 26.3. The molecule has 108 valence electrons. The van der Waals surface area contributed by atoms with Crippen molar-refractivity contribution in [2.24, 2.45) is 5.92 Å². The van der Waals surface area contributed by atoms with Gasteiger partial charge >= 0.3 is 0 Å². The highest BCUT2D eigenvalue weighted by Crippen LogP contribution is 2.30. The molecule has 6 heteroatoms. The first kappa shape index (κ1) is 13.2. The lowest BCUT2D eigenvalue weighted by Crippen LogP contribution is -2.14. The smallest absolute Gasteiger partial charge is 0.272 e. The van der Waals surface area contributed by atoms with Crippen molar-refractivity contribution in [1.82, 2.24) is 4.98 Å². The summed E-state index contributed by atoms with van der Waals surface area (Å²) in [7, 11) is 0. The van der Waals surface area contributed by atoms with Gasteiger partial charge in [-0.3, -0.25) is 9.59 Å². The zero-order valence-electron chi connectivity index (χ0n) is 11.3. The second-order valence-corrected chi connectivity index (χ2v) is 5.14. The number of carbonyl (C=O) groups excluding carboxylic acids is 2. The van der Waals surface area contributed by atoms with Crippen molar-refractivity contribution in [3.05, 3.63) is 42.2 Å². The number of H-pyrrole nitrogens is 1. The van der Waals surface area contributed by atoms with E-state index in [0.717, 1.165) is 18.5 Å². The molecule has 0 unspecified atom stereocenters. The normalized spacial score (nSPS) is 13.7. The summed E-state index contributed by atoms with van der Waals surface area (Å²) >= 11 is 0. The molecule has 21 heavy (non-hydrogen) atoms. The minimum absolute atomic E-state index is 0.0636. The van der Waals surface area contributed by atoms with Crippen LogP contribution in [0.2, 0.25) is 0 Å². The highest BCUT2D eigenvalue weighted by molar-refractivity contribution is 6.03. The minimum Gasteiger partial charge on any atom is -0.397 e. The number of nitrogen functional groups attached to an aromatic ring is 1. The van der Waals surface area contributed by atoms with Gasteiger partial charge in [0.15, 0.2) is 0 Å². The molecule has 0 spiro atoms. The second-order valence-electron chi connectivity index (χ2n) is 5.14. The van der Waals surface area contributed by atoms with Crippen molar-refractivity contribution >= 4 is 28.9 Å². The molecule has 0 radical (unpaired) electrons. The van der Waals surface area contributed by atoms with E-state index >= 15 is 0 Å². The molecule has 0 saturated heterocycles. The maximum Gasteiger partial charge on any atom is 0.272 e.